The molecule has 2 N–H and O–H groups in total. The van der Waals surface area contributed by atoms with Gasteiger partial charge in [-0.15, -0.1) is 11.3 Å². The molecule has 8 heteroatoms. The number of carbonyl (C=O) groups is 3. The summed E-state index contributed by atoms with van der Waals surface area (Å²) in [6.45, 7) is 0.298. The SMILES string of the molecule is O=C(CN1C(=O)N[C@]2(CCCc3sccc32)C1=O)NCCOc1ccccc1. The molecule has 1 aromatic heterocycles. The van der Waals surface area contributed by atoms with Crippen LogP contribution in [0.4, 0.5) is 4.79 Å². The monoisotopic (exact) mass is 399 g/mol. The molecular formula is C20H21N3O4S. The molecule has 4 amide bonds. The zero-order valence-corrected chi connectivity index (χ0v) is 16.1. The van der Waals surface area contributed by atoms with Crippen molar-refractivity contribution in [1.82, 2.24) is 15.5 Å². The van der Waals surface area contributed by atoms with Crippen molar-refractivity contribution < 1.29 is 19.1 Å². The first-order valence-electron chi connectivity index (χ1n) is 9.26. The number of rotatable bonds is 6. The van der Waals surface area contributed by atoms with Crippen LogP contribution in [0.2, 0.25) is 0 Å². The molecule has 28 heavy (non-hydrogen) atoms. The van der Waals surface area contributed by atoms with Gasteiger partial charge in [-0.2, -0.15) is 0 Å². The Kier molecular flexibility index (Phi) is 5.04. The predicted molar refractivity (Wildman–Crippen MR) is 104 cm³/mol. The first-order chi connectivity index (χ1) is 13.6. The van der Waals surface area contributed by atoms with Gasteiger partial charge in [0, 0.05) is 10.4 Å². The number of urea groups is 1. The second-order valence-electron chi connectivity index (χ2n) is 6.85. The topological polar surface area (TPSA) is 87.7 Å². The van der Waals surface area contributed by atoms with Crippen LogP contribution in [0.3, 0.4) is 0 Å². The lowest BCUT2D eigenvalue weighted by atomic mass is 9.80. The Bertz CT molecular complexity index is 898. The number of para-hydroxylation sites is 1. The Hall–Kier alpha value is -2.87. The zero-order valence-electron chi connectivity index (χ0n) is 15.3. The number of nitrogens with one attached hydrogen (secondary N) is 2. The van der Waals surface area contributed by atoms with Crippen LogP contribution < -0.4 is 15.4 Å². The van der Waals surface area contributed by atoms with E-state index in [-0.39, 0.29) is 19.0 Å². The molecule has 2 aliphatic rings. The fourth-order valence-electron chi connectivity index (χ4n) is 3.76. The predicted octanol–water partition coefficient (Wildman–Crippen LogP) is 2.03. The summed E-state index contributed by atoms with van der Waals surface area (Å²) >= 11 is 1.60. The minimum atomic E-state index is -1.01. The molecule has 0 saturated carbocycles. The van der Waals surface area contributed by atoms with Gasteiger partial charge in [0.05, 0.1) is 6.54 Å². The number of aryl methyl sites for hydroxylation is 1. The van der Waals surface area contributed by atoms with Crippen LogP contribution in [0.5, 0.6) is 5.75 Å². The van der Waals surface area contributed by atoms with E-state index in [4.69, 9.17) is 4.74 Å². The number of fused-ring (bicyclic) bond motifs is 2. The molecule has 2 heterocycles. The zero-order chi connectivity index (χ0) is 19.6. The van der Waals surface area contributed by atoms with Crippen LogP contribution >= 0.6 is 11.3 Å². The van der Waals surface area contributed by atoms with Gasteiger partial charge in [-0.25, -0.2) is 4.79 Å². The standard InChI is InChI=1S/C20H21N3O4S/c24-17(21-10-11-27-14-5-2-1-3-6-14)13-23-18(25)20(22-19(23)26)9-4-7-16-15(20)8-12-28-16/h1-3,5-6,8,12H,4,7,9-11,13H2,(H,21,24)(H,22,26)/t20-/m0/s1. The molecule has 146 valence electrons. The maximum atomic E-state index is 13.0. The molecule has 1 saturated heterocycles. The summed E-state index contributed by atoms with van der Waals surface area (Å²) in [5.74, 6) is -0.0113. The number of carbonyl (C=O) groups excluding carboxylic acids is 3. The normalized spacial score (nSPS) is 20.8. The average molecular weight is 399 g/mol. The Morgan fingerprint density at radius 2 is 2.07 bits per heavy atom. The third-order valence-electron chi connectivity index (χ3n) is 5.07. The van der Waals surface area contributed by atoms with Crippen molar-refractivity contribution >= 4 is 29.2 Å². The largest absolute Gasteiger partial charge is 0.492 e. The van der Waals surface area contributed by atoms with Gasteiger partial charge < -0.3 is 15.4 Å². The summed E-state index contributed by atoms with van der Waals surface area (Å²) in [4.78, 5) is 39.9. The molecule has 1 aromatic carbocycles. The number of ether oxygens (including phenoxy) is 1. The highest BCUT2D eigenvalue weighted by atomic mass is 32.1. The third-order valence-corrected chi connectivity index (χ3v) is 6.06. The molecule has 1 spiro atoms. The fourth-order valence-corrected chi connectivity index (χ4v) is 4.76. The second kappa shape index (κ2) is 7.63. The molecule has 1 fully saturated rings. The van der Waals surface area contributed by atoms with E-state index >= 15 is 0 Å². The molecule has 1 atom stereocenters. The van der Waals surface area contributed by atoms with Crippen LogP contribution in [-0.2, 0) is 21.5 Å². The van der Waals surface area contributed by atoms with Crippen molar-refractivity contribution in [2.24, 2.45) is 0 Å². The first-order valence-corrected chi connectivity index (χ1v) is 10.1. The molecule has 0 unspecified atom stereocenters. The van der Waals surface area contributed by atoms with Crippen molar-refractivity contribution in [3.8, 4) is 5.75 Å². The van der Waals surface area contributed by atoms with Gasteiger partial charge in [0.1, 0.15) is 24.4 Å². The summed E-state index contributed by atoms with van der Waals surface area (Å²) in [5.41, 5.74) is -0.136. The van der Waals surface area contributed by atoms with Crippen LogP contribution in [0, 0.1) is 0 Å². The van der Waals surface area contributed by atoms with Gasteiger partial charge in [-0.1, -0.05) is 18.2 Å². The van der Waals surface area contributed by atoms with E-state index in [9.17, 15) is 14.4 Å². The lowest BCUT2D eigenvalue weighted by Gasteiger charge is -2.31. The Morgan fingerprint density at radius 3 is 2.89 bits per heavy atom. The van der Waals surface area contributed by atoms with E-state index in [0.29, 0.717) is 13.0 Å². The van der Waals surface area contributed by atoms with Gasteiger partial charge in [0.25, 0.3) is 5.91 Å². The summed E-state index contributed by atoms with van der Waals surface area (Å²) in [5, 5.41) is 7.48. The molecule has 1 aliphatic carbocycles. The Labute approximate surface area is 166 Å². The molecule has 0 bridgehead atoms. The maximum absolute atomic E-state index is 13.0. The lowest BCUT2D eigenvalue weighted by Crippen LogP contribution is -2.47. The lowest BCUT2D eigenvalue weighted by molar-refractivity contribution is -0.135. The number of thiophene rings is 1. The van der Waals surface area contributed by atoms with Crippen LogP contribution in [0.25, 0.3) is 0 Å². The summed E-state index contributed by atoms with van der Waals surface area (Å²) in [6, 6.07) is 10.7. The molecule has 1 aliphatic heterocycles. The van der Waals surface area contributed by atoms with Gasteiger partial charge in [-0.05, 0) is 42.8 Å². The van der Waals surface area contributed by atoms with Crippen molar-refractivity contribution in [2.45, 2.75) is 24.8 Å². The highest BCUT2D eigenvalue weighted by Crippen LogP contribution is 2.41. The van der Waals surface area contributed by atoms with Gasteiger partial charge in [-0.3, -0.25) is 14.5 Å². The summed E-state index contributed by atoms with van der Waals surface area (Å²) in [7, 11) is 0. The number of hydrogen-bond acceptors (Lipinski definition) is 5. The van der Waals surface area contributed by atoms with E-state index in [1.807, 2.05) is 41.8 Å². The minimum absolute atomic E-state index is 0.289. The summed E-state index contributed by atoms with van der Waals surface area (Å²) < 4.78 is 5.52. The fraction of sp³-hybridized carbons (Fsp3) is 0.350. The van der Waals surface area contributed by atoms with E-state index in [0.717, 1.165) is 33.9 Å². The highest BCUT2D eigenvalue weighted by molar-refractivity contribution is 7.10. The van der Waals surface area contributed by atoms with Gasteiger partial charge in [0.15, 0.2) is 0 Å². The highest BCUT2D eigenvalue weighted by Gasteiger charge is 2.54. The Balaban J connectivity index is 1.33. The molecule has 4 rings (SSSR count). The maximum Gasteiger partial charge on any atom is 0.325 e. The van der Waals surface area contributed by atoms with Crippen LogP contribution in [-0.4, -0.2) is 42.4 Å². The van der Waals surface area contributed by atoms with Crippen molar-refractivity contribution in [3.63, 3.8) is 0 Å². The summed E-state index contributed by atoms with van der Waals surface area (Å²) in [6.07, 6.45) is 2.31. The van der Waals surface area contributed by atoms with Crippen molar-refractivity contribution in [3.05, 3.63) is 52.2 Å². The quantitative estimate of drug-likeness (QED) is 0.575. The van der Waals surface area contributed by atoms with Gasteiger partial charge in [0.2, 0.25) is 5.91 Å². The third kappa shape index (κ3) is 3.35. The molecule has 7 nitrogen and oxygen atoms in total. The molecule has 2 aromatic rings. The number of benzene rings is 1. The first kappa shape index (κ1) is 18.5. The number of amides is 4. The molecule has 0 radical (unpaired) electrons. The number of nitrogens with zero attached hydrogens (tertiary/aromatic N) is 1. The van der Waals surface area contributed by atoms with E-state index in [1.165, 1.54) is 0 Å². The van der Waals surface area contributed by atoms with Crippen LogP contribution in [0.1, 0.15) is 23.3 Å². The van der Waals surface area contributed by atoms with E-state index in [1.54, 1.807) is 11.3 Å². The number of hydrogen-bond donors (Lipinski definition) is 2. The Morgan fingerprint density at radius 1 is 1.25 bits per heavy atom. The smallest absolute Gasteiger partial charge is 0.325 e. The molecular weight excluding hydrogens is 378 g/mol. The van der Waals surface area contributed by atoms with Gasteiger partial charge >= 0.3 is 6.03 Å². The average Bonchev–Trinajstić information content (AvgIpc) is 3.27. The second-order valence-corrected chi connectivity index (χ2v) is 7.85. The van der Waals surface area contributed by atoms with Crippen molar-refractivity contribution in [1.29, 1.82) is 0 Å². The van der Waals surface area contributed by atoms with Crippen LogP contribution in [0.15, 0.2) is 41.8 Å². The van der Waals surface area contributed by atoms with Crippen molar-refractivity contribution in [2.75, 3.05) is 19.7 Å². The van der Waals surface area contributed by atoms with E-state index in [2.05, 4.69) is 10.6 Å². The minimum Gasteiger partial charge on any atom is -0.492 e. The van der Waals surface area contributed by atoms with E-state index < -0.39 is 17.5 Å². The number of imide groups is 1.